The minimum absolute atomic E-state index is 0.0705. The first-order valence-electron chi connectivity index (χ1n) is 13.2. The van der Waals surface area contributed by atoms with Gasteiger partial charge in [0.2, 0.25) is 0 Å². The number of hydrogen-bond acceptors (Lipinski definition) is 5. The molecule has 0 bridgehead atoms. The highest BCUT2D eigenvalue weighted by Gasteiger charge is 2.59. The van der Waals surface area contributed by atoms with Crippen molar-refractivity contribution in [1.82, 2.24) is 15.3 Å². The lowest BCUT2D eigenvalue weighted by Crippen LogP contribution is -2.47. The highest BCUT2D eigenvalue weighted by Crippen LogP contribution is 2.54. The smallest absolute Gasteiger partial charge is 0.251 e. The zero-order valence-electron chi connectivity index (χ0n) is 23.0. The predicted molar refractivity (Wildman–Crippen MR) is 153 cm³/mol. The molecule has 0 radical (unpaired) electrons. The fraction of sp³-hybridized carbons (Fsp3) is 0.400. The number of rotatable bonds is 10. The first-order valence-corrected chi connectivity index (χ1v) is 13.6. The number of alkyl halides is 2. The molecule has 0 saturated heterocycles. The lowest BCUT2D eigenvalue weighted by atomic mass is 9.78. The van der Waals surface area contributed by atoms with Crippen molar-refractivity contribution in [1.29, 1.82) is 0 Å². The van der Waals surface area contributed by atoms with E-state index in [0.29, 0.717) is 41.9 Å². The molecule has 10 heteroatoms. The Kier molecular flexibility index (Phi) is 8.54. The molecule has 1 fully saturated rings. The maximum Gasteiger partial charge on any atom is 0.251 e. The number of anilines is 1. The highest BCUT2D eigenvalue weighted by molar-refractivity contribution is 6.34. The third-order valence-electron chi connectivity index (χ3n) is 7.69. The standard InChI is InChI=1S/C30H33ClF3N5O/c1-5-8-36-14-20-10-19(11-23(31)26(20)35)28(40)38-16-29(4,30(34)6-7-30)25-9-17(2)18(3)27(39-25)22-12-21(13-32)37-15-24(22)33/h9-12,14-15H,5-8,13,16,35H2,1-4H3,(H,38,40). The fourth-order valence-corrected chi connectivity index (χ4v) is 4.91. The van der Waals surface area contributed by atoms with Gasteiger partial charge in [0, 0.05) is 36.0 Å². The van der Waals surface area contributed by atoms with Crippen molar-refractivity contribution in [2.75, 3.05) is 18.8 Å². The molecule has 1 aliphatic rings. The first-order chi connectivity index (χ1) is 18.9. The Bertz CT molecular complexity index is 1470. The summed E-state index contributed by atoms with van der Waals surface area (Å²) in [5.74, 6) is -1.11. The van der Waals surface area contributed by atoms with Crippen LogP contribution in [0.5, 0.6) is 0 Å². The molecule has 1 saturated carbocycles. The summed E-state index contributed by atoms with van der Waals surface area (Å²) in [4.78, 5) is 26.0. The van der Waals surface area contributed by atoms with Gasteiger partial charge in [-0.15, -0.1) is 0 Å². The largest absolute Gasteiger partial charge is 0.397 e. The van der Waals surface area contributed by atoms with Crippen LogP contribution in [0.2, 0.25) is 5.02 Å². The highest BCUT2D eigenvalue weighted by atomic mass is 35.5. The van der Waals surface area contributed by atoms with Crippen LogP contribution in [0.25, 0.3) is 11.3 Å². The Balaban J connectivity index is 1.70. The average molecular weight is 572 g/mol. The van der Waals surface area contributed by atoms with Gasteiger partial charge in [0.15, 0.2) is 5.82 Å². The Morgan fingerprint density at radius 1 is 1.27 bits per heavy atom. The molecule has 2 aromatic heterocycles. The number of carbonyl (C=O) groups is 1. The molecular formula is C30H33ClF3N5O. The Morgan fingerprint density at radius 2 is 2.00 bits per heavy atom. The molecule has 0 spiro atoms. The van der Waals surface area contributed by atoms with Crippen molar-refractivity contribution in [3.8, 4) is 11.3 Å². The normalized spacial score (nSPS) is 15.7. The van der Waals surface area contributed by atoms with E-state index in [-0.39, 0.29) is 34.1 Å². The predicted octanol–water partition coefficient (Wildman–Crippen LogP) is 6.62. The molecule has 1 unspecified atom stereocenters. The number of halogens is 4. The molecule has 1 aliphatic carbocycles. The summed E-state index contributed by atoms with van der Waals surface area (Å²) in [7, 11) is 0. The second kappa shape index (κ2) is 11.6. The topological polar surface area (TPSA) is 93.3 Å². The summed E-state index contributed by atoms with van der Waals surface area (Å²) in [6.45, 7) is 6.98. The van der Waals surface area contributed by atoms with Gasteiger partial charge in [0.1, 0.15) is 12.3 Å². The first kappa shape index (κ1) is 29.5. The molecule has 40 heavy (non-hydrogen) atoms. The number of amides is 1. The van der Waals surface area contributed by atoms with Gasteiger partial charge in [0.25, 0.3) is 5.91 Å². The van der Waals surface area contributed by atoms with E-state index in [9.17, 15) is 13.6 Å². The van der Waals surface area contributed by atoms with E-state index in [1.807, 2.05) is 13.8 Å². The zero-order valence-corrected chi connectivity index (χ0v) is 23.8. The number of carbonyl (C=O) groups excluding carboxylic acids is 1. The van der Waals surface area contributed by atoms with Gasteiger partial charge in [0.05, 0.1) is 39.4 Å². The molecule has 4 rings (SSSR count). The molecule has 1 aromatic carbocycles. The van der Waals surface area contributed by atoms with Gasteiger partial charge in [-0.05, 0) is 75.4 Å². The molecule has 1 atom stereocenters. The van der Waals surface area contributed by atoms with Crippen LogP contribution >= 0.6 is 11.6 Å². The van der Waals surface area contributed by atoms with Crippen LogP contribution < -0.4 is 11.1 Å². The molecule has 212 valence electrons. The van der Waals surface area contributed by atoms with Gasteiger partial charge in [-0.3, -0.25) is 19.8 Å². The zero-order chi connectivity index (χ0) is 29.2. The van der Waals surface area contributed by atoms with Crippen LogP contribution in [-0.4, -0.2) is 40.8 Å². The van der Waals surface area contributed by atoms with E-state index in [1.165, 1.54) is 12.1 Å². The Hall–Kier alpha value is -3.46. The van der Waals surface area contributed by atoms with E-state index in [1.54, 1.807) is 32.2 Å². The van der Waals surface area contributed by atoms with Crippen LogP contribution in [-0.2, 0) is 12.1 Å². The van der Waals surface area contributed by atoms with Crippen LogP contribution in [0.4, 0.5) is 18.9 Å². The lowest BCUT2D eigenvalue weighted by molar-refractivity contribution is 0.0919. The van der Waals surface area contributed by atoms with Crippen molar-refractivity contribution in [3.63, 3.8) is 0 Å². The fourth-order valence-electron chi connectivity index (χ4n) is 4.69. The van der Waals surface area contributed by atoms with E-state index in [2.05, 4.69) is 15.3 Å². The van der Waals surface area contributed by atoms with Crippen LogP contribution in [0.1, 0.15) is 71.5 Å². The van der Waals surface area contributed by atoms with E-state index < -0.39 is 29.5 Å². The number of pyridine rings is 2. The van der Waals surface area contributed by atoms with Gasteiger partial charge in [-0.25, -0.2) is 13.2 Å². The van der Waals surface area contributed by atoms with Crippen molar-refractivity contribution in [2.24, 2.45) is 4.99 Å². The number of nitrogens with one attached hydrogen (secondary N) is 1. The SMILES string of the molecule is CCCN=Cc1cc(C(=O)NCC(C)(c2cc(C)c(C)c(-c3cc(CF)ncc3F)n2)C2(F)CC2)cc(Cl)c1N. The van der Waals surface area contributed by atoms with Crippen LogP contribution in [0, 0.1) is 19.7 Å². The quantitative estimate of drug-likeness (QED) is 0.211. The van der Waals surface area contributed by atoms with Crippen molar-refractivity contribution >= 4 is 29.4 Å². The van der Waals surface area contributed by atoms with Gasteiger partial charge in [-0.1, -0.05) is 18.5 Å². The minimum Gasteiger partial charge on any atom is -0.397 e. The second-order valence-electron chi connectivity index (χ2n) is 10.6. The van der Waals surface area contributed by atoms with Gasteiger partial charge >= 0.3 is 0 Å². The lowest BCUT2D eigenvalue weighted by Gasteiger charge is -2.34. The number of hydrogen-bond donors (Lipinski definition) is 2. The summed E-state index contributed by atoms with van der Waals surface area (Å²) < 4.78 is 44.2. The van der Waals surface area contributed by atoms with Crippen molar-refractivity contribution < 1.29 is 18.0 Å². The van der Waals surface area contributed by atoms with E-state index in [4.69, 9.17) is 22.3 Å². The van der Waals surface area contributed by atoms with E-state index >= 15 is 4.39 Å². The third kappa shape index (κ3) is 5.70. The number of aryl methyl sites for hydroxylation is 1. The van der Waals surface area contributed by atoms with Crippen LogP contribution in [0.3, 0.4) is 0 Å². The molecule has 0 aliphatic heterocycles. The molecule has 2 heterocycles. The minimum atomic E-state index is -1.62. The van der Waals surface area contributed by atoms with Crippen LogP contribution in [0.15, 0.2) is 35.5 Å². The maximum atomic E-state index is 16.0. The number of nitrogens with two attached hydrogens (primary N) is 1. The molecule has 3 aromatic rings. The Morgan fingerprint density at radius 3 is 2.65 bits per heavy atom. The van der Waals surface area contributed by atoms with Gasteiger partial charge < -0.3 is 11.1 Å². The second-order valence-corrected chi connectivity index (χ2v) is 11.0. The maximum absolute atomic E-state index is 16.0. The summed E-state index contributed by atoms with van der Waals surface area (Å²) in [6, 6.07) is 6.14. The molecule has 1 amide bonds. The average Bonchev–Trinajstić information content (AvgIpc) is 3.70. The monoisotopic (exact) mass is 571 g/mol. The molecule has 3 N–H and O–H groups in total. The Labute approximate surface area is 237 Å². The van der Waals surface area contributed by atoms with E-state index in [0.717, 1.165) is 18.2 Å². The number of nitrogen functional groups attached to an aromatic ring is 1. The van der Waals surface area contributed by atoms with Gasteiger partial charge in [-0.2, -0.15) is 0 Å². The number of aliphatic imine (C=N–C) groups is 1. The summed E-state index contributed by atoms with van der Waals surface area (Å²) >= 11 is 6.29. The summed E-state index contributed by atoms with van der Waals surface area (Å²) in [5.41, 5.74) is 6.57. The molecule has 6 nitrogen and oxygen atoms in total. The summed E-state index contributed by atoms with van der Waals surface area (Å²) in [5, 5.41) is 3.07. The number of nitrogens with zero attached hydrogens (tertiary/aromatic N) is 3. The number of benzene rings is 1. The van der Waals surface area contributed by atoms with Crippen molar-refractivity contribution in [2.45, 2.75) is 64.7 Å². The number of aromatic nitrogens is 2. The summed E-state index contributed by atoms with van der Waals surface area (Å²) in [6.07, 6.45) is 3.99. The van der Waals surface area contributed by atoms with Crippen molar-refractivity contribution in [3.05, 3.63) is 74.9 Å². The third-order valence-corrected chi connectivity index (χ3v) is 8.00. The molecular weight excluding hydrogens is 539 g/mol.